The number of benzene rings is 1. The number of hydrogen-bond acceptors (Lipinski definition) is 3. The Balaban J connectivity index is 1.90. The van der Waals surface area contributed by atoms with Gasteiger partial charge in [-0.25, -0.2) is 4.98 Å². The van der Waals surface area contributed by atoms with Crippen LogP contribution in [0.25, 0.3) is 0 Å². The van der Waals surface area contributed by atoms with Crippen LogP contribution in [-0.2, 0) is 13.1 Å². The van der Waals surface area contributed by atoms with Crippen molar-refractivity contribution in [1.29, 1.82) is 0 Å². The van der Waals surface area contributed by atoms with E-state index in [9.17, 15) is 0 Å². The number of rotatable bonds is 4. The topological polar surface area (TPSA) is 38.1 Å². The number of hydrogen-bond donors (Lipinski definition) is 1. The summed E-state index contributed by atoms with van der Waals surface area (Å²) in [5.41, 5.74) is 2.02. The fourth-order valence-electron chi connectivity index (χ4n) is 1.56. The maximum Gasteiger partial charge on any atom is 0.208 e. The van der Waals surface area contributed by atoms with E-state index in [-0.39, 0.29) is 0 Å². The monoisotopic (exact) mass is 250 g/mol. The number of nitrogens with one attached hydrogen (secondary N) is 1. The lowest BCUT2D eigenvalue weighted by molar-refractivity contribution is 0.448. The number of nitrogens with zero attached hydrogens (tertiary/aromatic N) is 1. The molecule has 17 heavy (non-hydrogen) atoms. The van der Waals surface area contributed by atoms with Crippen molar-refractivity contribution in [3.8, 4) is 0 Å². The second-order valence-corrected chi connectivity index (χ2v) is 4.35. The molecule has 1 N–H and O–H groups in total. The van der Waals surface area contributed by atoms with Crippen LogP contribution in [0.1, 0.15) is 22.9 Å². The molecule has 3 nitrogen and oxygen atoms in total. The molecule has 1 heterocycles. The van der Waals surface area contributed by atoms with Gasteiger partial charge in [-0.2, -0.15) is 0 Å². The van der Waals surface area contributed by atoms with Gasteiger partial charge >= 0.3 is 0 Å². The smallest absolute Gasteiger partial charge is 0.208 e. The van der Waals surface area contributed by atoms with E-state index < -0.39 is 0 Å². The minimum Gasteiger partial charge on any atom is -0.444 e. The Morgan fingerprint density at radius 3 is 2.65 bits per heavy atom. The number of aromatic nitrogens is 1. The summed E-state index contributed by atoms with van der Waals surface area (Å²) in [6.07, 6.45) is 0. The van der Waals surface area contributed by atoms with Crippen LogP contribution in [0.5, 0.6) is 0 Å². The molecule has 1 aromatic carbocycles. The highest BCUT2D eigenvalue weighted by Gasteiger charge is 2.05. The Morgan fingerprint density at radius 2 is 2.00 bits per heavy atom. The van der Waals surface area contributed by atoms with Crippen molar-refractivity contribution in [2.24, 2.45) is 0 Å². The van der Waals surface area contributed by atoms with Crippen molar-refractivity contribution in [2.45, 2.75) is 26.9 Å². The lowest BCUT2D eigenvalue weighted by atomic mass is 10.2. The number of aryl methyl sites for hydroxylation is 2. The lowest BCUT2D eigenvalue weighted by Gasteiger charge is -2.04. The van der Waals surface area contributed by atoms with E-state index in [1.807, 2.05) is 38.1 Å². The fraction of sp³-hybridized carbons (Fsp3) is 0.308. The molecular formula is C13H15ClN2O. The molecule has 0 atom stereocenters. The molecule has 0 radical (unpaired) electrons. The molecule has 0 fully saturated rings. The van der Waals surface area contributed by atoms with Gasteiger partial charge in [0, 0.05) is 11.6 Å². The third kappa shape index (κ3) is 3.08. The van der Waals surface area contributed by atoms with Crippen molar-refractivity contribution < 1.29 is 4.42 Å². The molecule has 2 rings (SSSR count). The predicted octanol–water partition coefficient (Wildman–Crippen LogP) is 3.23. The zero-order valence-corrected chi connectivity index (χ0v) is 10.7. The maximum absolute atomic E-state index is 6.06. The fourth-order valence-corrected chi connectivity index (χ4v) is 1.76. The maximum atomic E-state index is 6.06. The van der Waals surface area contributed by atoms with Gasteiger partial charge < -0.3 is 9.73 Å². The highest BCUT2D eigenvalue weighted by Crippen LogP contribution is 2.14. The summed E-state index contributed by atoms with van der Waals surface area (Å²) in [6, 6.07) is 7.79. The van der Waals surface area contributed by atoms with E-state index in [1.54, 1.807) is 0 Å². The molecule has 0 aliphatic rings. The summed E-state index contributed by atoms with van der Waals surface area (Å²) in [6.45, 7) is 5.18. The lowest BCUT2D eigenvalue weighted by Crippen LogP contribution is -2.13. The van der Waals surface area contributed by atoms with Gasteiger partial charge in [0.05, 0.1) is 12.2 Å². The van der Waals surface area contributed by atoms with E-state index in [2.05, 4.69) is 10.3 Å². The van der Waals surface area contributed by atoms with Gasteiger partial charge in [0.1, 0.15) is 5.76 Å². The Hall–Kier alpha value is -1.32. The molecule has 0 aliphatic carbocycles. The SMILES string of the molecule is Cc1nc(CNCc2ccccc2Cl)oc1C. The van der Waals surface area contributed by atoms with Crippen LogP contribution < -0.4 is 5.32 Å². The van der Waals surface area contributed by atoms with E-state index in [0.29, 0.717) is 19.0 Å². The molecule has 0 aliphatic heterocycles. The van der Waals surface area contributed by atoms with Gasteiger partial charge in [0.25, 0.3) is 0 Å². The van der Waals surface area contributed by atoms with Crippen molar-refractivity contribution >= 4 is 11.6 Å². The first-order chi connectivity index (χ1) is 8.16. The van der Waals surface area contributed by atoms with Crippen LogP contribution in [0.15, 0.2) is 28.7 Å². The molecule has 2 aromatic rings. The first-order valence-corrected chi connectivity index (χ1v) is 5.91. The van der Waals surface area contributed by atoms with Crippen molar-refractivity contribution in [3.05, 3.63) is 52.2 Å². The zero-order valence-electron chi connectivity index (χ0n) is 9.96. The summed E-state index contributed by atoms with van der Waals surface area (Å²) < 4.78 is 5.48. The summed E-state index contributed by atoms with van der Waals surface area (Å²) in [4.78, 5) is 4.30. The van der Waals surface area contributed by atoms with Crippen LogP contribution in [0.4, 0.5) is 0 Å². The minimum atomic E-state index is 0.611. The number of halogens is 1. The highest BCUT2D eigenvalue weighted by molar-refractivity contribution is 6.31. The van der Waals surface area contributed by atoms with E-state index in [1.165, 1.54) is 0 Å². The minimum absolute atomic E-state index is 0.611. The molecule has 0 saturated heterocycles. The Kier molecular flexibility index (Phi) is 3.82. The summed E-state index contributed by atoms with van der Waals surface area (Å²) in [5, 5.41) is 4.04. The highest BCUT2D eigenvalue weighted by atomic mass is 35.5. The standard InChI is InChI=1S/C13H15ClN2O/c1-9-10(2)17-13(16-9)8-15-7-11-5-3-4-6-12(11)14/h3-6,15H,7-8H2,1-2H3. The van der Waals surface area contributed by atoms with Crippen molar-refractivity contribution in [2.75, 3.05) is 0 Å². The average molecular weight is 251 g/mol. The zero-order chi connectivity index (χ0) is 12.3. The third-order valence-electron chi connectivity index (χ3n) is 2.62. The second-order valence-electron chi connectivity index (χ2n) is 3.94. The molecule has 0 amide bonds. The Bertz CT molecular complexity index is 488. The Morgan fingerprint density at radius 1 is 1.24 bits per heavy atom. The average Bonchev–Trinajstić information content (AvgIpc) is 2.61. The molecule has 4 heteroatoms. The molecule has 0 unspecified atom stereocenters. The van der Waals surface area contributed by atoms with E-state index >= 15 is 0 Å². The van der Waals surface area contributed by atoms with Crippen LogP contribution in [-0.4, -0.2) is 4.98 Å². The first-order valence-electron chi connectivity index (χ1n) is 5.54. The second kappa shape index (κ2) is 5.34. The first kappa shape index (κ1) is 12.1. The normalized spacial score (nSPS) is 10.8. The third-order valence-corrected chi connectivity index (χ3v) is 2.99. The van der Waals surface area contributed by atoms with Crippen LogP contribution >= 0.6 is 11.6 Å². The number of oxazole rings is 1. The van der Waals surface area contributed by atoms with Crippen molar-refractivity contribution in [3.63, 3.8) is 0 Å². The van der Waals surface area contributed by atoms with Crippen LogP contribution in [0, 0.1) is 13.8 Å². The molecule has 0 saturated carbocycles. The van der Waals surface area contributed by atoms with Crippen LogP contribution in [0.2, 0.25) is 5.02 Å². The molecular weight excluding hydrogens is 236 g/mol. The van der Waals surface area contributed by atoms with E-state index in [0.717, 1.165) is 22.0 Å². The summed E-state index contributed by atoms with van der Waals surface area (Å²) in [5.74, 6) is 1.59. The molecule has 1 aromatic heterocycles. The van der Waals surface area contributed by atoms with Gasteiger partial charge in [-0.1, -0.05) is 29.8 Å². The van der Waals surface area contributed by atoms with Gasteiger partial charge in [-0.05, 0) is 25.5 Å². The quantitative estimate of drug-likeness (QED) is 0.905. The molecule has 0 bridgehead atoms. The molecule has 0 spiro atoms. The van der Waals surface area contributed by atoms with Gasteiger partial charge in [0.2, 0.25) is 5.89 Å². The Labute approximate surface area is 106 Å². The van der Waals surface area contributed by atoms with E-state index in [4.69, 9.17) is 16.0 Å². The van der Waals surface area contributed by atoms with Gasteiger partial charge in [0.15, 0.2) is 0 Å². The summed E-state index contributed by atoms with van der Waals surface area (Å²) in [7, 11) is 0. The van der Waals surface area contributed by atoms with Crippen LogP contribution in [0.3, 0.4) is 0 Å². The summed E-state index contributed by atoms with van der Waals surface area (Å²) >= 11 is 6.06. The van der Waals surface area contributed by atoms with Gasteiger partial charge in [-0.15, -0.1) is 0 Å². The predicted molar refractivity (Wildman–Crippen MR) is 68.0 cm³/mol. The van der Waals surface area contributed by atoms with Gasteiger partial charge in [-0.3, -0.25) is 0 Å². The largest absolute Gasteiger partial charge is 0.444 e. The van der Waals surface area contributed by atoms with Crippen molar-refractivity contribution in [1.82, 2.24) is 10.3 Å². The molecule has 90 valence electrons.